The van der Waals surface area contributed by atoms with E-state index in [0.29, 0.717) is 0 Å². The van der Waals surface area contributed by atoms with Crippen molar-refractivity contribution >= 4 is 79.3 Å². The molecular weight excluding hydrogens is 747 g/mol. The van der Waals surface area contributed by atoms with E-state index in [1.165, 1.54) is 32.6 Å². The summed E-state index contributed by atoms with van der Waals surface area (Å²) in [6.45, 7) is 14.5. The normalized spacial score (nSPS) is 15.1. The molecule has 1 saturated heterocycles. The zero-order valence-corrected chi connectivity index (χ0v) is 35.1. The van der Waals surface area contributed by atoms with Gasteiger partial charge in [-0.15, -0.1) is 0 Å². The van der Waals surface area contributed by atoms with E-state index in [1.807, 2.05) is 13.0 Å². The summed E-state index contributed by atoms with van der Waals surface area (Å²) in [5.41, 5.74) is 13.2. The van der Waals surface area contributed by atoms with Crippen molar-refractivity contribution in [3.8, 4) is 33.6 Å². The van der Waals surface area contributed by atoms with Gasteiger partial charge < -0.3 is 22.9 Å². The van der Waals surface area contributed by atoms with Crippen molar-refractivity contribution in [1.29, 1.82) is 0 Å². The average molecular weight is 793 g/mol. The van der Waals surface area contributed by atoms with Crippen molar-refractivity contribution in [2.45, 2.75) is 45.8 Å². The Morgan fingerprint density at radius 1 is 0.508 bits per heavy atom. The van der Waals surface area contributed by atoms with Gasteiger partial charge in [0.2, 0.25) is 0 Å². The molecule has 7 aromatic carbocycles. The second-order valence-corrected chi connectivity index (χ2v) is 17.2. The number of rotatable bonds is 7. The molecule has 0 bridgehead atoms. The number of para-hydroxylation sites is 3. The van der Waals surface area contributed by atoms with Crippen LogP contribution in [0.1, 0.15) is 45.9 Å². The SMILES string of the molecule is C=Cc1oc2ccc(-n3c4ccccc4c4cc(-c5cc(B6OC(C)(C)C(C)(C)O6)cc(-c6ccc7c(c6)c6ccccc6n7-c6ccccc6)c5)ccc43)cc2c1/C=C\C. The molecule has 0 N–H and O–H groups in total. The monoisotopic (exact) mass is 792 g/mol. The van der Waals surface area contributed by atoms with Crippen LogP contribution in [0.5, 0.6) is 0 Å². The number of fused-ring (bicyclic) bond motifs is 7. The Morgan fingerprint density at radius 3 is 1.62 bits per heavy atom. The zero-order valence-electron chi connectivity index (χ0n) is 35.1. The van der Waals surface area contributed by atoms with Crippen LogP contribution in [0.25, 0.3) is 100 Å². The van der Waals surface area contributed by atoms with E-state index in [1.54, 1.807) is 6.08 Å². The third kappa shape index (κ3) is 5.85. The maximum absolute atomic E-state index is 6.71. The van der Waals surface area contributed by atoms with E-state index < -0.39 is 18.3 Å². The van der Waals surface area contributed by atoms with Crippen molar-refractivity contribution in [2.24, 2.45) is 0 Å². The van der Waals surface area contributed by atoms with Gasteiger partial charge in [-0.2, -0.15) is 0 Å². The first-order valence-electron chi connectivity index (χ1n) is 21.1. The van der Waals surface area contributed by atoms with Gasteiger partial charge in [0.15, 0.2) is 0 Å². The number of nitrogens with zero attached hydrogens (tertiary/aromatic N) is 2. The summed E-state index contributed by atoms with van der Waals surface area (Å²) >= 11 is 0. The first kappa shape index (κ1) is 37.2. The van der Waals surface area contributed by atoms with Crippen LogP contribution in [-0.2, 0) is 9.31 Å². The Hall–Kier alpha value is -6.86. The van der Waals surface area contributed by atoms with Crippen LogP contribution in [0, 0.1) is 0 Å². The van der Waals surface area contributed by atoms with Gasteiger partial charge in [-0.3, -0.25) is 0 Å². The molecule has 5 nitrogen and oxygen atoms in total. The lowest BCUT2D eigenvalue weighted by Gasteiger charge is -2.32. The van der Waals surface area contributed by atoms with Crippen LogP contribution in [0.3, 0.4) is 0 Å². The molecule has 0 amide bonds. The van der Waals surface area contributed by atoms with Gasteiger partial charge in [-0.05, 0) is 141 Å². The van der Waals surface area contributed by atoms with Gasteiger partial charge in [0.25, 0.3) is 0 Å². The molecule has 0 atom stereocenters. The van der Waals surface area contributed by atoms with Crippen LogP contribution in [0.4, 0.5) is 0 Å². The van der Waals surface area contributed by atoms with Crippen molar-refractivity contribution < 1.29 is 13.7 Å². The lowest BCUT2D eigenvalue weighted by molar-refractivity contribution is 0.00578. The summed E-state index contributed by atoms with van der Waals surface area (Å²) in [6.07, 6.45) is 5.92. The van der Waals surface area contributed by atoms with E-state index in [4.69, 9.17) is 13.7 Å². The standard InChI is InChI=1S/C55H45BN2O3/c1-7-16-44-47-34-41(25-28-53(47)59-52(44)8-2)58-49-22-15-13-20-43(49)46-33-36(24-27-51(46)58)38-29-37(30-39(31-38)56-60-54(3,4)55(5,6)61-56)35-23-26-50-45(32-35)42-19-12-14-21-48(42)57(50)40-17-10-9-11-18-40/h7-34H,2H2,1,3-6H3/b16-7-. The van der Waals surface area contributed by atoms with Crippen molar-refractivity contribution in [3.63, 3.8) is 0 Å². The maximum Gasteiger partial charge on any atom is 0.494 e. The minimum absolute atomic E-state index is 0.479. The molecule has 61 heavy (non-hydrogen) atoms. The highest BCUT2D eigenvalue weighted by atomic mass is 16.7. The molecule has 0 spiro atoms. The van der Waals surface area contributed by atoms with Crippen molar-refractivity contribution in [1.82, 2.24) is 9.13 Å². The second-order valence-electron chi connectivity index (χ2n) is 17.2. The second kappa shape index (κ2) is 13.9. The molecular formula is C55H45BN2O3. The summed E-state index contributed by atoms with van der Waals surface area (Å²) < 4.78 is 24.3. The van der Waals surface area contributed by atoms with Gasteiger partial charge in [-0.1, -0.05) is 97.6 Å². The topological polar surface area (TPSA) is 41.5 Å². The lowest BCUT2D eigenvalue weighted by Crippen LogP contribution is -2.41. The minimum Gasteiger partial charge on any atom is -0.456 e. The summed E-state index contributed by atoms with van der Waals surface area (Å²) in [7, 11) is -0.523. The molecule has 1 aliphatic heterocycles. The molecule has 6 heteroatoms. The smallest absolute Gasteiger partial charge is 0.456 e. The molecule has 296 valence electrons. The Bertz CT molecular complexity index is 3400. The first-order chi connectivity index (χ1) is 29.6. The number of aromatic nitrogens is 2. The third-order valence-corrected chi connectivity index (χ3v) is 13.0. The number of hydrogen-bond acceptors (Lipinski definition) is 3. The highest BCUT2D eigenvalue weighted by Crippen LogP contribution is 2.41. The molecule has 0 saturated carbocycles. The van der Waals surface area contributed by atoms with E-state index >= 15 is 0 Å². The Labute approximate surface area is 355 Å². The predicted molar refractivity (Wildman–Crippen MR) is 256 cm³/mol. The maximum atomic E-state index is 6.71. The third-order valence-electron chi connectivity index (χ3n) is 13.0. The number of benzene rings is 7. The van der Waals surface area contributed by atoms with E-state index in [-0.39, 0.29) is 0 Å². The lowest BCUT2D eigenvalue weighted by atomic mass is 9.76. The fraction of sp³-hybridized carbons (Fsp3) is 0.127. The molecule has 4 heterocycles. The van der Waals surface area contributed by atoms with Crippen LogP contribution < -0.4 is 5.46 Å². The quantitative estimate of drug-likeness (QED) is 0.151. The van der Waals surface area contributed by atoms with Gasteiger partial charge in [0, 0.05) is 43.9 Å². The number of allylic oxidation sites excluding steroid dienone is 1. The van der Waals surface area contributed by atoms with Crippen molar-refractivity contribution in [2.75, 3.05) is 0 Å². The van der Waals surface area contributed by atoms with Gasteiger partial charge >= 0.3 is 7.12 Å². The number of hydrogen-bond donors (Lipinski definition) is 0. The summed E-state index contributed by atoms with van der Waals surface area (Å²) in [5, 5.41) is 5.86. The summed E-state index contributed by atoms with van der Waals surface area (Å²) in [4.78, 5) is 0. The zero-order chi connectivity index (χ0) is 41.6. The fourth-order valence-electron chi connectivity index (χ4n) is 9.29. The molecule has 10 aromatic rings. The fourth-order valence-corrected chi connectivity index (χ4v) is 9.29. The molecule has 3 aromatic heterocycles. The van der Waals surface area contributed by atoms with Gasteiger partial charge in [0.1, 0.15) is 11.3 Å². The van der Waals surface area contributed by atoms with E-state index in [0.717, 1.165) is 72.4 Å². The molecule has 0 radical (unpaired) electrons. The van der Waals surface area contributed by atoms with Crippen LogP contribution in [0.2, 0.25) is 0 Å². The minimum atomic E-state index is -0.523. The predicted octanol–water partition coefficient (Wildman–Crippen LogP) is 13.9. The number of furan rings is 1. The first-order valence-corrected chi connectivity index (χ1v) is 21.1. The molecule has 11 rings (SSSR count). The largest absolute Gasteiger partial charge is 0.494 e. The molecule has 0 unspecified atom stereocenters. The summed E-state index contributed by atoms with van der Waals surface area (Å²) in [5.74, 6) is 0.776. The Balaban J connectivity index is 1.09. The van der Waals surface area contributed by atoms with Crippen LogP contribution in [0.15, 0.2) is 169 Å². The molecule has 0 aliphatic carbocycles. The van der Waals surface area contributed by atoms with Gasteiger partial charge in [0.05, 0.1) is 33.3 Å². The highest BCUT2D eigenvalue weighted by molar-refractivity contribution is 6.62. The van der Waals surface area contributed by atoms with Crippen molar-refractivity contribution in [3.05, 3.63) is 176 Å². The van der Waals surface area contributed by atoms with Crippen LogP contribution >= 0.6 is 0 Å². The molecule has 1 fully saturated rings. The van der Waals surface area contributed by atoms with Crippen LogP contribution in [-0.4, -0.2) is 27.5 Å². The molecule has 1 aliphatic rings. The van der Waals surface area contributed by atoms with E-state index in [9.17, 15) is 0 Å². The Kier molecular flexibility index (Phi) is 8.44. The van der Waals surface area contributed by atoms with Gasteiger partial charge in [-0.25, -0.2) is 0 Å². The Morgan fingerprint density at radius 2 is 1.05 bits per heavy atom. The average Bonchev–Trinajstić information content (AvgIpc) is 3.98. The summed E-state index contributed by atoms with van der Waals surface area (Å²) in [6, 6.07) is 54.9. The highest BCUT2D eigenvalue weighted by Gasteiger charge is 2.51. The van der Waals surface area contributed by atoms with E-state index in [2.05, 4.69) is 201 Å².